The normalized spacial score (nSPS) is 11.5. The molecule has 2 aromatic heterocycles. The van der Waals surface area contributed by atoms with Crippen molar-refractivity contribution in [3.05, 3.63) is 77.4 Å². The predicted octanol–water partition coefficient (Wildman–Crippen LogP) is 3.79. The van der Waals surface area contributed by atoms with Gasteiger partial charge >= 0.3 is 0 Å². The van der Waals surface area contributed by atoms with Gasteiger partial charge in [0.05, 0.1) is 23.2 Å². The number of sulfonamides is 1. The van der Waals surface area contributed by atoms with E-state index >= 15 is 0 Å². The van der Waals surface area contributed by atoms with Crippen LogP contribution in [0, 0.1) is 0 Å². The molecule has 0 aliphatic rings. The van der Waals surface area contributed by atoms with Crippen LogP contribution in [0.5, 0.6) is 0 Å². The zero-order chi connectivity index (χ0) is 20.4. The Balaban J connectivity index is 1.62. The first-order valence-electron chi connectivity index (χ1n) is 8.50. The van der Waals surface area contributed by atoms with Crippen molar-refractivity contribution in [3.8, 4) is 11.5 Å². The zero-order valence-electron chi connectivity index (χ0n) is 15.2. The van der Waals surface area contributed by atoms with Gasteiger partial charge in [-0.25, -0.2) is 8.42 Å². The van der Waals surface area contributed by atoms with Gasteiger partial charge in [-0.1, -0.05) is 34.0 Å². The van der Waals surface area contributed by atoms with Crippen LogP contribution in [-0.2, 0) is 16.4 Å². The third-order valence-corrected chi connectivity index (χ3v) is 6.22. The Morgan fingerprint density at radius 2 is 1.90 bits per heavy atom. The van der Waals surface area contributed by atoms with E-state index in [1.807, 2.05) is 0 Å². The molecular weight excluding hydrogens is 416 g/mol. The molecule has 2 heterocycles. The van der Waals surface area contributed by atoms with E-state index in [1.54, 1.807) is 42.5 Å². The van der Waals surface area contributed by atoms with E-state index in [1.165, 1.54) is 29.7 Å². The molecule has 10 heteroatoms. The minimum atomic E-state index is -3.81. The summed E-state index contributed by atoms with van der Waals surface area (Å²) in [6.45, 7) is 0. The lowest BCUT2D eigenvalue weighted by Crippen LogP contribution is -2.26. The smallest absolute Gasteiger partial charge is 0.264 e. The summed E-state index contributed by atoms with van der Waals surface area (Å²) >= 11 is 5.98. The molecule has 0 saturated heterocycles. The number of nitrogens with zero attached hydrogens (tertiary/aromatic N) is 4. The first-order valence-corrected chi connectivity index (χ1v) is 10.3. The molecule has 0 radical (unpaired) electrons. The first-order chi connectivity index (χ1) is 13.9. The van der Waals surface area contributed by atoms with Crippen molar-refractivity contribution in [2.24, 2.45) is 0 Å². The lowest BCUT2D eigenvalue weighted by molar-refractivity contribution is 0.382. The molecule has 0 amide bonds. The summed E-state index contributed by atoms with van der Waals surface area (Å²) in [5.41, 5.74) is 0.942. The Kier molecular flexibility index (Phi) is 5.08. The Bertz CT molecular complexity index is 1240. The minimum Gasteiger partial charge on any atom is -0.361 e. The van der Waals surface area contributed by atoms with E-state index in [9.17, 15) is 8.42 Å². The van der Waals surface area contributed by atoms with Gasteiger partial charge in [-0.3, -0.25) is 4.31 Å². The van der Waals surface area contributed by atoms with Crippen molar-refractivity contribution in [1.29, 1.82) is 0 Å². The minimum absolute atomic E-state index is 0.0902. The van der Waals surface area contributed by atoms with Crippen molar-refractivity contribution >= 4 is 27.3 Å². The molecule has 8 nitrogen and oxygen atoms in total. The molecule has 0 atom stereocenters. The second-order valence-corrected chi connectivity index (χ2v) is 8.56. The van der Waals surface area contributed by atoms with Crippen molar-refractivity contribution in [1.82, 2.24) is 15.3 Å². The van der Waals surface area contributed by atoms with E-state index in [0.717, 1.165) is 0 Å². The maximum atomic E-state index is 13.0. The molecule has 4 aromatic rings. The number of hydrogen-bond acceptors (Lipinski definition) is 7. The molecular formula is C19H15ClN4O4S. The number of anilines is 1. The number of halogens is 1. The quantitative estimate of drug-likeness (QED) is 0.458. The van der Waals surface area contributed by atoms with Crippen LogP contribution >= 0.6 is 11.6 Å². The number of aromatic nitrogens is 3. The second kappa shape index (κ2) is 7.69. The van der Waals surface area contributed by atoms with Crippen molar-refractivity contribution in [3.63, 3.8) is 0 Å². The summed E-state index contributed by atoms with van der Waals surface area (Å²) in [6, 6.07) is 14.6. The van der Waals surface area contributed by atoms with Crippen LogP contribution < -0.4 is 4.31 Å². The molecule has 29 heavy (non-hydrogen) atoms. The molecule has 148 valence electrons. The number of hydrogen-bond donors (Lipinski definition) is 0. The molecule has 0 unspecified atom stereocenters. The lowest BCUT2D eigenvalue weighted by Gasteiger charge is -2.19. The summed E-state index contributed by atoms with van der Waals surface area (Å²) in [6.07, 6.45) is 1.85. The highest BCUT2D eigenvalue weighted by Gasteiger charge is 2.23. The van der Waals surface area contributed by atoms with Crippen molar-refractivity contribution < 1.29 is 17.5 Å². The molecule has 0 spiro atoms. The van der Waals surface area contributed by atoms with E-state index in [4.69, 9.17) is 20.6 Å². The third-order valence-electron chi connectivity index (χ3n) is 4.20. The van der Waals surface area contributed by atoms with Gasteiger partial charge < -0.3 is 9.05 Å². The van der Waals surface area contributed by atoms with Gasteiger partial charge in [0.25, 0.3) is 15.9 Å². The van der Waals surface area contributed by atoms with Gasteiger partial charge in [0.15, 0.2) is 5.82 Å². The topological polar surface area (TPSA) is 102 Å². The maximum Gasteiger partial charge on any atom is 0.264 e. The number of benzene rings is 2. The molecule has 2 aromatic carbocycles. The van der Waals surface area contributed by atoms with E-state index in [2.05, 4.69) is 15.3 Å². The predicted molar refractivity (Wildman–Crippen MR) is 106 cm³/mol. The van der Waals surface area contributed by atoms with Gasteiger partial charge in [0, 0.05) is 23.7 Å². The SMILES string of the molecule is CN(c1cccc(Cl)c1)S(=O)(=O)c1cccc(-c2nc(Cc3ccno3)no2)c1. The van der Waals surface area contributed by atoms with Crippen LogP contribution in [0.1, 0.15) is 11.6 Å². The standard InChI is InChI=1S/C19H15ClN4O4S/c1-24(15-6-3-5-14(20)11-15)29(25,26)17-7-2-4-13(10-17)19-22-18(23-28-19)12-16-8-9-21-27-16/h2-11H,12H2,1H3. The molecule has 0 saturated carbocycles. The molecule has 4 rings (SSSR count). The van der Waals surface area contributed by atoms with Gasteiger partial charge in [-0.05, 0) is 36.4 Å². The van der Waals surface area contributed by atoms with Crippen molar-refractivity contribution in [2.75, 3.05) is 11.4 Å². The summed E-state index contributed by atoms with van der Waals surface area (Å²) in [4.78, 5) is 4.39. The fourth-order valence-electron chi connectivity index (χ4n) is 2.69. The van der Waals surface area contributed by atoms with Crippen LogP contribution in [-0.4, -0.2) is 30.8 Å². The van der Waals surface area contributed by atoms with Crippen LogP contribution in [0.15, 0.2) is 74.7 Å². The first kappa shape index (κ1) is 19.2. The molecule has 0 fully saturated rings. The Morgan fingerprint density at radius 3 is 2.66 bits per heavy atom. The average molecular weight is 431 g/mol. The highest BCUT2D eigenvalue weighted by atomic mass is 35.5. The third kappa shape index (κ3) is 4.01. The molecule has 0 N–H and O–H groups in total. The maximum absolute atomic E-state index is 13.0. The van der Waals surface area contributed by atoms with Gasteiger partial charge in [0.2, 0.25) is 0 Å². The van der Waals surface area contributed by atoms with Crippen molar-refractivity contribution in [2.45, 2.75) is 11.3 Å². The summed E-state index contributed by atoms with van der Waals surface area (Å²) in [5, 5.41) is 7.98. The zero-order valence-corrected chi connectivity index (χ0v) is 16.8. The van der Waals surface area contributed by atoms with E-state index in [0.29, 0.717) is 34.3 Å². The summed E-state index contributed by atoms with van der Waals surface area (Å²) in [5.74, 6) is 1.21. The monoisotopic (exact) mass is 430 g/mol. The summed E-state index contributed by atoms with van der Waals surface area (Å²) in [7, 11) is -2.34. The van der Waals surface area contributed by atoms with Crippen LogP contribution in [0.3, 0.4) is 0 Å². The summed E-state index contributed by atoms with van der Waals surface area (Å²) < 4.78 is 37.6. The van der Waals surface area contributed by atoms with Gasteiger partial charge in [-0.15, -0.1) is 0 Å². The average Bonchev–Trinajstić information content (AvgIpc) is 3.40. The molecule has 0 bridgehead atoms. The van der Waals surface area contributed by atoms with E-state index in [-0.39, 0.29) is 10.8 Å². The lowest BCUT2D eigenvalue weighted by atomic mass is 10.2. The molecule has 0 aliphatic carbocycles. The Labute approximate surface area is 171 Å². The Morgan fingerprint density at radius 1 is 1.07 bits per heavy atom. The fraction of sp³-hybridized carbons (Fsp3) is 0.105. The highest BCUT2D eigenvalue weighted by molar-refractivity contribution is 7.92. The van der Waals surface area contributed by atoms with E-state index < -0.39 is 10.0 Å². The fourth-order valence-corrected chi connectivity index (χ4v) is 4.11. The second-order valence-electron chi connectivity index (χ2n) is 6.15. The molecule has 0 aliphatic heterocycles. The number of rotatable bonds is 6. The van der Waals surface area contributed by atoms with Crippen LogP contribution in [0.2, 0.25) is 5.02 Å². The van der Waals surface area contributed by atoms with Crippen LogP contribution in [0.25, 0.3) is 11.5 Å². The largest absolute Gasteiger partial charge is 0.361 e. The highest BCUT2D eigenvalue weighted by Crippen LogP contribution is 2.27. The van der Waals surface area contributed by atoms with Crippen LogP contribution in [0.4, 0.5) is 5.69 Å². The van der Waals surface area contributed by atoms with Gasteiger partial charge in [0.1, 0.15) is 5.76 Å². The Hall–Kier alpha value is -3.17. The van der Waals surface area contributed by atoms with Gasteiger partial charge in [-0.2, -0.15) is 4.98 Å².